The molecule has 0 spiro atoms. The van der Waals surface area contributed by atoms with E-state index in [4.69, 9.17) is 14.2 Å². The Labute approximate surface area is 154 Å². The molecule has 0 saturated carbocycles. The summed E-state index contributed by atoms with van der Waals surface area (Å²) in [4.78, 5) is 11.3. The van der Waals surface area contributed by atoms with Gasteiger partial charge in [0.15, 0.2) is 6.29 Å². The van der Waals surface area contributed by atoms with E-state index in [9.17, 15) is 35.4 Å². The summed E-state index contributed by atoms with van der Waals surface area (Å²) in [5.41, 5.74) is -0.930. The molecular weight excluding hydrogens is 374 g/mol. The van der Waals surface area contributed by atoms with E-state index in [0.29, 0.717) is 0 Å². The average molecular weight is 399 g/mol. The Bertz CT molecular complexity index is 483. The third-order valence-corrected chi connectivity index (χ3v) is 4.82. The highest BCUT2D eigenvalue weighted by atomic mass is 32.1. The Balaban J connectivity index is 2.16. The van der Waals surface area contributed by atoms with Crippen LogP contribution in [0.2, 0.25) is 0 Å². The molecule has 5 unspecified atom stereocenters. The molecule has 0 aromatic rings. The third-order valence-electron chi connectivity index (χ3n) is 4.38. The molecule has 0 aromatic heterocycles. The second-order valence-electron chi connectivity index (χ2n) is 6.26. The molecule has 2 rings (SSSR count). The summed E-state index contributed by atoms with van der Waals surface area (Å²) in [6, 6.07) is -0.978. The first-order valence-electron chi connectivity index (χ1n) is 8.06. The van der Waals surface area contributed by atoms with Gasteiger partial charge in [-0.25, -0.2) is 0 Å². The zero-order chi connectivity index (χ0) is 19.6. The van der Waals surface area contributed by atoms with Gasteiger partial charge in [0.05, 0.1) is 19.3 Å². The summed E-state index contributed by atoms with van der Waals surface area (Å²) in [5.74, 6) is -0.453. The monoisotopic (exact) mass is 399 g/mol. The molecule has 0 radical (unpaired) electrons. The summed E-state index contributed by atoms with van der Waals surface area (Å²) in [7, 11) is 0. The van der Waals surface area contributed by atoms with E-state index in [1.165, 1.54) is 6.92 Å². The number of aliphatic hydroxyl groups excluding tert-OH is 6. The number of ether oxygens (including phenoxy) is 3. The van der Waals surface area contributed by atoms with Gasteiger partial charge in [0.1, 0.15) is 48.2 Å². The lowest BCUT2D eigenvalue weighted by molar-refractivity contribution is -0.333. The van der Waals surface area contributed by atoms with Crippen LogP contribution in [0.4, 0.5) is 0 Å². The minimum atomic E-state index is -1.69. The largest absolute Gasteiger partial charge is 0.394 e. The van der Waals surface area contributed by atoms with Crippen molar-refractivity contribution >= 4 is 18.5 Å². The van der Waals surface area contributed by atoms with E-state index in [1.807, 2.05) is 0 Å². The lowest BCUT2D eigenvalue weighted by atomic mass is 9.96. The fraction of sp³-hybridized carbons (Fsp3) is 0.929. The molecule has 2 heterocycles. The quantitative estimate of drug-likeness (QED) is 0.211. The maximum absolute atomic E-state index is 11.3. The van der Waals surface area contributed by atoms with Crippen molar-refractivity contribution in [2.75, 3.05) is 13.2 Å². The first kappa shape index (κ1) is 21.8. The molecular formula is C14H25NO10S. The molecule has 10 atom stereocenters. The van der Waals surface area contributed by atoms with Crippen LogP contribution in [0.25, 0.3) is 0 Å². The fourth-order valence-corrected chi connectivity index (χ4v) is 3.38. The predicted molar refractivity (Wildman–Crippen MR) is 87.0 cm³/mol. The average Bonchev–Trinajstić information content (AvgIpc) is 2.60. The second kappa shape index (κ2) is 9.10. The van der Waals surface area contributed by atoms with Gasteiger partial charge in [-0.3, -0.25) is 4.79 Å². The number of carbonyl (C=O) groups is 1. The highest BCUT2D eigenvalue weighted by Gasteiger charge is 2.50. The van der Waals surface area contributed by atoms with E-state index in [2.05, 4.69) is 17.9 Å². The Morgan fingerprint density at radius 2 is 1.62 bits per heavy atom. The van der Waals surface area contributed by atoms with Gasteiger partial charge in [-0.1, -0.05) is 0 Å². The maximum Gasteiger partial charge on any atom is 0.217 e. The molecule has 0 aliphatic carbocycles. The normalized spacial score (nSPS) is 46.8. The molecule has 2 saturated heterocycles. The summed E-state index contributed by atoms with van der Waals surface area (Å²) in [5, 5.41) is 61.3. The Morgan fingerprint density at radius 3 is 2.15 bits per heavy atom. The van der Waals surface area contributed by atoms with Crippen LogP contribution in [-0.2, 0) is 19.0 Å². The molecule has 7 N–H and O–H groups in total. The molecule has 2 aliphatic rings. The minimum Gasteiger partial charge on any atom is -0.394 e. The van der Waals surface area contributed by atoms with E-state index in [-0.39, 0.29) is 0 Å². The van der Waals surface area contributed by atoms with Crippen LogP contribution in [0.3, 0.4) is 0 Å². The molecule has 1 amide bonds. The van der Waals surface area contributed by atoms with Crippen LogP contribution in [0, 0.1) is 0 Å². The van der Waals surface area contributed by atoms with Crippen LogP contribution in [0.15, 0.2) is 0 Å². The molecule has 2 aliphatic heterocycles. The van der Waals surface area contributed by atoms with Gasteiger partial charge in [-0.05, 0) is 0 Å². The number of rotatable bonds is 5. The SMILES string of the molecule is CC(=O)N[C@H]1C(O)[C@H](O[C@@H]2OC(CO)[C@H](O)C(O)C2O)C(CO)O[C@H]1S. The topological polar surface area (TPSA) is 178 Å². The van der Waals surface area contributed by atoms with Gasteiger partial charge in [0.2, 0.25) is 5.91 Å². The summed E-state index contributed by atoms with van der Waals surface area (Å²) < 4.78 is 16.2. The molecule has 0 aromatic carbocycles. The number of thiol groups is 1. The summed E-state index contributed by atoms with van der Waals surface area (Å²) in [6.07, 6.45) is -11.4. The van der Waals surface area contributed by atoms with Gasteiger partial charge >= 0.3 is 0 Å². The van der Waals surface area contributed by atoms with Crippen molar-refractivity contribution in [1.82, 2.24) is 5.32 Å². The van der Waals surface area contributed by atoms with E-state index >= 15 is 0 Å². The standard InChI is InChI=1S/C14H25NO10S/c1-4(18)15-7-9(20)12(6(3-17)24-14(7)26)25-13-11(22)10(21)8(19)5(2-16)23-13/h5-14,16-17,19-22,26H,2-3H2,1H3,(H,15,18)/t5?,6?,7-,8-,9?,10?,11?,12+,13-,14-/m0/s1. The van der Waals surface area contributed by atoms with E-state index in [1.54, 1.807) is 0 Å². The zero-order valence-corrected chi connectivity index (χ0v) is 14.8. The molecule has 26 heavy (non-hydrogen) atoms. The summed E-state index contributed by atoms with van der Waals surface area (Å²) in [6.45, 7) is 0.0208. The fourth-order valence-electron chi connectivity index (χ4n) is 2.98. The molecule has 0 bridgehead atoms. The van der Waals surface area contributed by atoms with Gasteiger partial charge in [-0.2, -0.15) is 0 Å². The zero-order valence-electron chi connectivity index (χ0n) is 14.0. The molecule has 2 fully saturated rings. The van der Waals surface area contributed by atoms with Crippen molar-refractivity contribution in [2.24, 2.45) is 0 Å². The predicted octanol–water partition coefficient (Wildman–Crippen LogP) is -4.32. The lowest BCUT2D eigenvalue weighted by Gasteiger charge is -2.46. The third kappa shape index (κ3) is 4.47. The summed E-state index contributed by atoms with van der Waals surface area (Å²) >= 11 is 4.13. The number of hydrogen-bond acceptors (Lipinski definition) is 11. The maximum atomic E-state index is 11.3. The number of carbonyl (C=O) groups excluding carboxylic acids is 1. The highest BCUT2D eigenvalue weighted by molar-refractivity contribution is 7.80. The van der Waals surface area contributed by atoms with Gasteiger partial charge in [0, 0.05) is 6.92 Å². The van der Waals surface area contributed by atoms with Crippen molar-refractivity contribution < 1.29 is 49.6 Å². The van der Waals surface area contributed by atoms with Gasteiger partial charge in [0.25, 0.3) is 0 Å². The first-order valence-corrected chi connectivity index (χ1v) is 8.58. The van der Waals surface area contributed by atoms with Crippen LogP contribution in [0.1, 0.15) is 6.92 Å². The lowest BCUT2D eigenvalue weighted by Crippen LogP contribution is -2.66. The van der Waals surface area contributed by atoms with Crippen LogP contribution in [-0.4, -0.2) is 110 Å². The molecule has 152 valence electrons. The Kier molecular flexibility index (Phi) is 7.62. The minimum absolute atomic E-state index is 0.453. The van der Waals surface area contributed by atoms with E-state index < -0.39 is 79.6 Å². The van der Waals surface area contributed by atoms with Crippen molar-refractivity contribution in [3.63, 3.8) is 0 Å². The van der Waals surface area contributed by atoms with Crippen LogP contribution in [0.5, 0.6) is 0 Å². The molecule has 11 nitrogen and oxygen atoms in total. The smallest absolute Gasteiger partial charge is 0.217 e. The first-order chi connectivity index (χ1) is 12.2. The van der Waals surface area contributed by atoms with Crippen LogP contribution >= 0.6 is 12.6 Å². The van der Waals surface area contributed by atoms with Crippen molar-refractivity contribution in [1.29, 1.82) is 0 Å². The number of hydrogen-bond donors (Lipinski definition) is 8. The second-order valence-corrected chi connectivity index (χ2v) is 6.77. The number of amides is 1. The van der Waals surface area contributed by atoms with E-state index in [0.717, 1.165) is 0 Å². The van der Waals surface area contributed by atoms with Crippen molar-refractivity contribution in [3.8, 4) is 0 Å². The van der Waals surface area contributed by atoms with Gasteiger partial charge in [-0.15, -0.1) is 12.6 Å². The van der Waals surface area contributed by atoms with Crippen molar-refractivity contribution in [2.45, 2.75) is 67.4 Å². The molecule has 12 heteroatoms. The number of nitrogens with one attached hydrogen (secondary N) is 1. The van der Waals surface area contributed by atoms with Gasteiger partial charge < -0.3 is 50.2 Å². The number of aliphatic hydroxyl groups is 6. The Morgan fingerprint density at radius 1 is 1.00 bits per heavy atom. The van der Waals surface area contributed by atoms with Crippen molar-refractivity contribution in [3.05, 3.63) is 0 Å². The Hall–Kier alpha value is -0.540. The highest BCUT2D eigenvalue weighted by Crippen LogP contribution is 2.30. The van der Waals surface area contributed by atoms with Crippen LogP contribution < -0.4 is 5.32 Å².